The number of unbranched alkanes of at least 4 members (excludes halogenated alkanes) is 1. The molecule has 0 aliphatic heterocycles. The fourth-order valence-corrected chi connectivity index (χ4v) is 4.97. The van der Waals surface area contributed by atoms with Gasteiger partial charge in [0.05, 0.1) is 23.7 Å². The summed E-state index contributed by atoms with van der Waals surface area (Å²) in [6.45, 7) is 14.3. The van der Waals surface area contributed by atoms with E-state index in [9.17, 15) is 0 Å². The van der Waals surface area contributed by atoms with Gasteiger partial charge in [0.2, 0.25) is 0 Å². The number of rotatable bonds is 9. The number of pyridine rings is 1. The van der Waals surface area contributed by atoms with Gasteiger partial charge in [-0.3, -0.25) is 0 Å². The van der Waals surface area contributed by atoms with Gasteiger partial charge in [-0.15, -0.1) is 0 Å². The number of furan rings is 1. The predicted octanol–water partition coefficient (Wildman–Crippen LogP) is 7.71. The second-order valence-corrected chi connectivity index (χ2v) is 11.2. The van der Waals surface area contributed by atoms with Crippen molar-refractivity contribution in [1.29, 1.82) is 0 Å². The lowest BCUT2D eigenvalue weighted by Gasteiger charge is -2.34. The number of aryl methyl sites for hydroxylation is 1. The van der Waals surface area contributed by atoms with Crippen LogP contribution in [0.5, 0.6) is 0 Å². The second kappa shape index (κ2) is 9.65. The number of aromatic nitrogens is 3. The molecule has 0 unspecified atom stereocenters. The number of benzene rings is 1. The molecule has 3 aromatic heterocycles. The summed E-state index contributed by atoms with van der Waals surface area (Å²) in [5.74, 6) is 1.95. The Kier molecular flexibility index (Phi) is 6.83. The number of nitrogens with one attached hydrogen (secondary N) is 1. The SMILES string of the molecule is CCCCc1nc2c(NC(C)(C)CC(C)(C)C)nc(-c3ccoc3)cc2n1Cc1ccccc1. The number of hydrogen-bond acceptors (Lipinski definition) is 4. The van der Waals surface area contributed by atoms with E-state index in [4.69, 9.17) is 14.4 Å². The van der Waals surface area contributed by atoms with Crippen LogP contribution in [0.15, 0.2) is 59.4 Å². The minimum absolute atomic E-state index is 0.139. The molecular formula is C29H38N4O. The summed E-state index contributed by atoms with van der Waals surface area (Å²) in [5.41, 5.74) is 5.24. The molecule has 0 radical (unpaired) electrons. The number of hydrogen-bond donors (Lipinski definition) is 1. The van der Waals surface area contributed by atoms with Gasteiger partial charge in [0.25, 0.3) is 0 Å². The molecule has 0 saturated heterocycles. The van der Waals surface area contributed by atoms with E-state index in [0.717, 1.165) is 66.2 Å². The summed E-state index contributed by atoms with van der Waals surface area (Å²) < 4.78 is 7.76. The third-order valence-electron chi connectivity index (χ3n) is 6.00. The Morgan fingerprint density at radius 1 is 1.00 bits per heavy atom. The molecule has 4 rings (SSSR count). The standard InChI is InChI=1S/C29H38N4O/c1-7-8-14-25-31-26-24(33(25)18-21-12-10-9-11-13-21)17-23(22-15-16-34-19-22)30-27(26)32-29(5,6)20-28(2,3)4/h9-13,15-17,19H,7-8,14,18,20H2,1-6H3,(H,30,32). The molecule has 4 aromatic rings. The largest absolute Gasteiger partial charge is 0.472 e. The van der Waals surface area contributed by atoms with Crippen LogP contribution in [-0.4, -0.2) is 20.1 Å². The average Bonchev–Trinajstić information content (AvgIpc) is 3.40. The van der Waals surface area contributed by atoms with Gasteiger partial charge in [0.15, 0.2) is 5.82 Å². The van der Waals surface area contributed by atoms with Crippen LogP contribution in [0.1, 0.15) is 72.2 Å². The summed E-state index contributed by atoms with van der Waals surface area (Å²) in [4.78, 5) is 10.2. The van der Waals surface area contributed by atoms with E-state index in [1.54, 1.807) is 12.5 Å². The van der Waals surface area contributed by atoms with Crippen molar-refractivity contribution in [3.63, 3.8) is 0 Å². The summed E-state index contributed by atoms with van der Waals surface area (Å²) >= 11 is 0. The van der Waals surface area contributed by atoms with Gasteiger partial charge in [-0.2, -0.15) is 0 Å². The number of fused-ring (bicyclic) bond motifs is 1. The lowest BCUT2D eigenvalue weighted by atomic mass is 9.82. The Balaban J connectivity index is 1.88. The van der Waals surface area contributed by atoms with Crippen molar-refractivity contribution in [3.8, 4) is 11.3 Å². The van der Waals surface area contributed by atoms with E-state index in [-0.39, 0.29) is 11.0 Å². The minimum atomic E-state index is -0.139. The smallest absolute Gasteiger partial charge is 0.155 e. The van der Waals surface area contributed by atoms with Crippen LogP contribution >= 0.6 is 0 Å². The fourth-order valence-electron chi connectivity index (χ4n) is 4.97. The van der Waals surface area contributed by atoms with Crippen molar-refractivity contribution < 1.29 is 4.42 Å². The van der Waals surface area contributed by atoms with Crippen molar-refractivity contribution in [3.05, 3.63) is 66.4 Å². The van der Waals surface area contributed by atoms with Crippen LogP contribution in [0.25, 0.3) is 22.3 Å². The van der Waals surface area contributed by atoms with E-state index >= 15 is 0 Å². The number of anilines is 1. The highest BCUT2D eigenvalue weighted by molar-refractivity contribution is 5.90. The highest BCUT2D eigenvalue weighted by atomic mass is 16.3. The molecule has 180 valence electrons. The van der Waals surface area contributed by atoms with Crippen LogP contribution in [0.4, 0.5) is 5.82 Å². The van der Waals surface area contributed by atoms with Gasteiger partial charge < -0.3 is 14.3 Å². The highest BCUT2D eigenvalue weighted by Crippen LogP contribution is 2.34. The first kappa shape index (κ1) is 24.1. The molecule has 5 heteroatoms. The van der Waals surface area contributed by atoms with E-state index < -0.39 is 0 Å². The van der Waals surface area contributed by atoms with Crippen LogP contribution < -0.4 is 5.32 Å². The van der Waals surface area contributed by atoms with E-state index in [2.05, 4.69) is 87.8 Å². The third-order valence-corrected chi connectivity index (χ3v) is 6.00. The van der Waals surface area contributed by atoms with Crippen LogP contribution in [0, 0.1) is 5.41 Å². The molecule has 0 spiro atoms. The average molecular weight is 459 g/mol. The van der Waals surface area contributed by atoms with Crippen LogP contribution in [0.3, 0.4) is 0 Å². The summed E-state index contributed by atoms with van der Waals surface area (Å²) in [6, 6.07) is 14.7. The maximum absolute atomic E-state index is 5.39. The van der Waals surface area contributed by atoms with Gasteiger partial charge in [-0.25, -0.2) is 9.97 Å². The molecule has 0 fully saturated rings. The van der Waals surface area contributed by atoms with Crippen LogP contribution in [-0.2, 0) is 13.0 Å². The first-order chi connectivity index (χ1) is 16.1. The van der Waals surface area contributed by atoms with Crippen LogP contribution in [0.2, 0.25) is 0 Å². The van der Waals surface area contributed by atoms with E-state index in [0.29, 0.717) is 0 Å². The zero-order chi connectivity index (χ0) is 24.3. The van der Waals surface area contributed by atoms with Gasteiger partial charge in [0.1, 0.15) is 11.3 Å². The summed E-state index contributed by atoms with van der Waals surface area (Å²) in [5, 5.41) is 3.76. The Labute approximate surface area is 203 Å². The maximum Gasteiger partial charge on any atom is 0.155 e. The Morgan fingerprint density at radius 2 is 1.76 bits per heavy atom. The lowest BCUT2D eigenvalue weighted by Crippen LogP contribution is -2.35. The molecule has 3 heterocycles. The number of imidazole rings is 1. The molecule has 0 atom stereocenters. The molecule has 0 aliphatic rings. The normalized spacial score (nSPS) is 12.4. The van der Waals surface area contributed by atoms with Gasteiger partial charge in [-0.05, 0) is 49.8 Å². The number of nitrogens with zero attached hydrogens (tertiary/aromatic N) is 3. The molecule has 0 amide bonds. The topological polar surface area (TPSA) is 55.9 Å². The van der Waals surface area contributed by atoms with Crippen molar-refractivity contribution in [2.45, 2.75) is 79.3 Å². The maximum atomic E-state index is 5.39. The summed E-state index contributed by atoms with van der Waals surface area (Å²) in [7, 11) is 0. The fraction of sp³-hybridized carbons (Fsp3) is 0.448. The van der Waals surface area contributed by atoms with E-state index in [1.807, 2.05) is 6.07 Å². The zero-order valence-corrected chi connectivity index (χ0v) is 21.5. The van der Waals surface area contributed by atoms with Gasteiger partial charge in [0, 0.05) is 24.1 Å². The van der Waals surface area contributed by atoms with Gasteiger partial charge in [-0.1, -0.05) is 64.4 Å². The molecule has 1 aromatic carbocycles. The Hall–Kier alpha value is -3.08. The molecule has 0 bridgehead atoms. The molecule has 0 saturated carbocycles. The van der Waals surface area contributed by atoms with Crippen molar-refractivity contribution in [2.75, 3.05) is 5.32 Å². The van der Waals surface area contributed by atoms with Crippen molar-refractivity contribution in [2.24, 2.45) is 5.41 Å². The Bertz CT molecular complexity index is 1210. The quantitative estimate of drug-likeness (QED) is 0.279. The van der Waals surface area contributed by atoms with E-state index in [1.165, 1.54) is 5.56 Å². The molecule has 0 aliphatic carbocycles. The molecule has 1 N–H and O–H groups in total. The Morgan fingerprint density at radius 3 is 2.41 bits per heavy atom. The van der Waals surface area contributed by atoms with Gasteiger partial charge >= 0.3 is 0 Å². The minimum Gasteiger partial charge on any atom is -0.472 e. The first-order valence-electron chi connectivity index (χ1n) is 12.4. The monoisotopic (exact) mass is 458 g/mol. The lowest BCUT2D eigenvalue weighted by molar-refractivity contribution is 0.302. The predicted molar refractivity (Wildman–Crippen MR) is 141 cm³/mol. The second-order valence-electron chi connectivity index (χ2n) is 11.2. The van der Waals surface area contributed by atoms with Crippen molar-refractivity contribution in [1.82, 2.24) is 14.5 Å². The summed E-state index contributed by atoms with van der Waals surface area (Å²) in [6.07, 6.45) is 7.66. The molecule has 34 heavy (non-hydrogen) atoms. The first-order valence-corrected chi connectivity index (χ1v) is 12.4. The molecular weight excluding hydrogens is 420 g/mol. The third kappa shape index (κ3) is 5.69. The highest BCUT2D eigenvalue weighted by Gasteiger charge is 2.28. The van der Waals surface area contributed by atoms with Crippen molar-refractivity contribution >= 4 is 16.9 Å². The zero-order valence-electron chi connectivity index (χ0n) is 21.5. The molecule has 5 nitrogen and oxygen atoms in total.